The standard InChI is InChI=1S/C16H14Cl3NO2/c1-9-5-14(3-4-15(9)19)22-10(2)16(21)20-13-7-11(17)6-12(18)8-13/h3-8,10H,1-2H3,(H,20,21). The number of halogens is 3. The highest BCUT2D eigenvalue weighted by Crippen LogP contribution is 2.24. The Bertz CT molecular complexity index is 684. The fourth-order valence-corrected chi connectivity index (χ4v) is 2.46. The van der Waals surface area contributed by atoms with E-state index in [2.05, 4.69) is 5.32 Å². The molecule has 0 heterocycles. The van der Waals surface area contributed by atoms with Crippen LogP contribution < -0.4 is 10.1 Å². The number of carbonyl (C=O) groups excluding carboxylic acids is 1. The van der Waals surface area contributed by atoms with Gasteiger partial charge in [0, 0.05) is 20.8 Å². The topological polar surface area (TPSA) is 38.3 Å². The molecule has 2 rings (SSSR count). The van der Waals surface area contributed by atoms with Crippen LogP contribution in [0.1, 0.15) is 12.5 Å². The molecule has 0 radical (unpaired) electrons. The molecule has 1 amide bonds. The number of amides is 1. The second-order valence-corrected chi connectivity index (χ2v) is 6.10. The molecule has 0 bridgehead atoms. The first-order valence-corrected chi connectivity index (χ1v) is 7.68. The zero-order valence-corrected chi connectivity index (χ0v) is 14.3. The van der Waals surface area contributed by atoms with Gasteiger partial charge in [0.1, 0.15) is 5.75 Å². The fraction of sp³-hybridized carbons (Fsp3) is 0.188. The van der Waals surface area contributed by atoms with E-state index < -0.39 is 6.10 Å². The van der Waals surface area contributed by atoms with Crippen LogP contribution in [0.15, 0.2) is 36.4 Å². The van der Waals surface area contributed by atoms with Crippen molar-refractivity contribution in [2.75, 3.05) is 5.32 Å². The summed E-state index contributed by atoms with van der Waals surface area (Å²) in [4.78, 5) is 12.1. The average Bonchev–Trinajstić information content (AvgIpc) is 2.41. The third-order valence-corrected chi connectivity index (χ3v) is 3.80. The van der Waals surface area contributed by atoms with Gasteiger partial charge in [-0.25, -0.2) is 0 Å². The number of aryl methyl sites for hydroxylation is 1. The van der Waals surface area contributed by atoms with E-state index in [1.165, 1.54) is 0 Å². The second-order valence-electron chi connectivity index (χ2n) is 4.82. The Balaban J connectivity index is 2.04. The summed E-state index contributed by atoms with van der Waals surface area (Å²) in [6.07, 6.45) is -0.682. The smallest absolute Gasteiger partial charge is 0.265 e. The number of nitrogens with one attached hydrogen (secondary N) is 1. The zero-order valence-electron chi connectivity index (χ0n) is 12.0. The quantitative estimate of drug-likeness (QED) is 0.799. The Morgan fingerprint density at radius 3 is 2.32 bits per heavy atom. The van der Waals surface area contributed by atoms with Crippen molar-refractivity contribution in [1.82, 2.24) is 0 Å². The van der Waals surface area contributed by atoms with E-state index in [0.717, 1.165) is 5.56 Å². The Kier molecular flexibility index (Phi) is 5.57. The highest BCUT2D eigenvalue weighted by atomic mass is 35.5. The molecule has 1 unspecified atom stereocenters. The lowest BCUT2D eigenvalue weighted by atomic mass is 10.2. The van der Waals surface area contributed by atoms with Gasteiger partial charge >= 0.3 is 0 Å². The Labute approximate surface area is 144 Å². The van der Waals surface area contributed by atoms with E-state index in [1.807, 2.05) is 6.92 Å². The van der Waals surface area contributed by atoms with Crippen molar-refractivity contribution >= 4 is 46.4 Å². The van der Waals surface area contributed by atoms with Gasteiger partial charge in [0.15, 0.2) is 6.10 Å². The summed E-state index contributed by atoms with van der Waals surface area (Å²) < 4.78 is 5.61. The van der Waals surface area contributed by atoms with Crippen LogP contribution in [0.25, 0.3) is 0 Å². The highest BCUT2D eigenvalue weighted by Gasteiger charge is 2.15. The molecule has 0 aliphatic carbocycles. The summed E-state index contributed by atoms with van der Waals surface area (Å²) in [5.74, 6) is 0.277. The van der Waals surface area contributed by atoms with Gasteiger partial charge in [0.05, 0.1) is 0 Å². The van der Waals surface area contributed by atoms with Gasteiger partial charge in [-0.15, -0.1) is 0 Å². The second kappa shape index (κ2) is 7.23. The molecule has 1 N–H and O–H groups in total. The van der Waals surface area contributed by atoms with Crippen molar-refractivity contribution in [3.63, 3.8) is 0 Å². The van der Waals surface area contributed by atoms with E-state index >= 15 is 0 Å². The van der Waals surface area contributed by atoms with Gasteiger partial charge in [-0.2, -0.15) is 0 Å². The van der Waals surface area contributed by atoms with Crippen molar-refractivity contribution in [2.24, 2.45) is 0 Å². The fourth-order valence-electron chi connectivity index (χ4n) is 1.82. The molecule has 1 atom stereocenters. The van der Waals surface area contributed by atoms with E-state index in [1.54, 1.807) is 43.3 Å². The molecule has 0 aromatic heterocycles. The maximum atomic E-state index is 12.1. The molecule has 0 aliphatic heterocycles. The van der Waals surface area contributed by atoms with Gasteiger partial charge < -0.3 is 10.1 Å². The summed E-state index contributed by atoms with van der Waals surface area (Å²) in [6.45, 7) is 3.53. The van der Waals surface area contributed by atoms with Crippen LogP contribution in [-0.4, -0.2) is 12.0 Å². The van der Waals surface area contributed by atoms with Crippen molar-refractivity contribution in [2.45, 2.75) is 20.0 Å². The molecule has 0 fully saturated rings. The summed E-state index contributed by atoms with van der Waals surface area (Å²) >= 11 is 17.7. The first-order chi connectivity index (χ1) is 10.3. The maximum Gasteiger partial charge on any atom is 0.265 e. The molecule has 116 valence electrons. The summed E-state index contributed by atoms with van der Waals surface area (Å²) in [6, 6.07) is 10.1. The van der Waals surface area contributed by atoms with E-state index in [0.29, 0.717) is 26.5 Å². The summed E-state index contributed by atoms with van der Waals surface area (Å²) in [5.41, 5.74) is 1.40. The molecule has 6 heteroatoms. The number of anilines is 1. The third-order valence-electron chi connectivity index (χ3n) is 2.94. The first-order valence-electron chi connectivity index (χ1n) is 6.55. The van der Waals surface area contributed by atoms with Gasteiger partial charge in [0.2, 0.25) is 0 Å². The predicted octanol–water partition coefficient (Wildman–Crippen LogP) is 5.36. The molecule has 0 aliphatic rings. The van der Waals surface area contributed by atoms with Crippen molar-refractivity contribution in [3.05, 3.63) is 57.0 Å². The highest BCUT2D eigenvalue weighted by molar-refractivity contribution is 6.35. The third kappa shape index (κ3) is 4.54. The Morgan fingerprint density at radius 1 is 1.09 bits per heavy atom. The van der Waals surface area contributed by atoms with Gasteiger partial charge in [-0.1, -0.05) is 34.8 Å². The van der Waals surface area contributed by atoms with Crippen LogP contribution in [0.5, 0.6) is 5.75 Å². The maximum absolute atomic E-state index is 12.1. The molecular weight excluding hydrogens is 345 g/mol. The largest absolute Gasteiger partial charge is 0.481 e. The van der Waals surface area contributed by atoms with Gasteiger partial charge in [0.25, 0.3) is 5.91 Å². The van der Waals surface area contributed by atoms with E-state index in [-0.39, 0.29) is 5.91 Å². The van der Waals surface area contributed by atoms with E-state index in [4.69, 9.17) is 39.5 Å². The first kappa shape index (κ1) is 16.9. The van der Waals surface area contributed by atoms with Crippen LogP contribution in [0.3, 0.4) is 0 Å². The van der Waals surface area contributed by atoms with Gasteiger partial charge in [-0.05, 0) is 55.8 Å². The molecule has 0 spiro atoms. The number of hydrogen-bond donors (Lipinski definition) is 1. The monoisotopic (exact) mass is 357 g/mol. The molecule has 0 saturated carbocycles. The predicted molar refractivity (Wildman–Crippen MR) is 91.4 cm³/mol. The number of benzene rings is 2. The number of hydrogen-bond acceptors (Lipinski definition) is 2. The summed E-state index contributed by atoms with van der Waals surface area (Å²) in [5, 5.41) is 4.26. The lowest BCUT2D eigenvalue weighted by molar-refractivity contribution is -0.122. The summed E-state index contributed by atoms with van der Waals surface area (Å²) in [7, 11) is 0. The van der Waals surface area contributed by atoms with Crippen LogP contribution in [0.2, 0.25) is 15.1 Å². The zero-order chi connectivity index (χ0) is 16.3. The molecular formula is C16H14Cl3NO2. The lowest BCUT2D eigenvalue weighted by Crippen LogP contribution is -2.30. The minimum absolute atomic E-state index is 0.300. The number of rotatable bonds is 4. The van der Waals surface area contributed by atoms with Gasteiger partial charge in [-0.3, -0.25) is 4.79 Å². The van der Waals surface area contributed by atoms with Crippen molar-refractivity contribution in [3.8, 4) is 5.75 Å². The number of ether oxygens (including phenoxy) is 1. The lowest BCUT2D eigenvalue weighted by Gasteiger charge is -2.15. The number of carbonyl (C=O) groups is 1. The molecule has 2 aromatic rings. The van der Waals surface area contributed by atoms with Crippen LogP contribution in [0, 0.1) is 6.92 Å². The molecule has 22 heavy (non-hydrogen) atoms. The van der Waals surface area contributed by atoms with Crippen molar-refractivity contribution in [1.29, 1.82) is 0 Å². The van der Waals surface area contributed by atoms with Crippen LogP contribution >= 0.6 is 34.8 Å². The Morgan fingerprint density at radius 2 is 1.73 bits per heavy atom. The van der Waals surface area contributed by atoms with E-state index in [9.17, 15) is 4.79 Å². The van der Waals surface area contributed by atoms with Crippen LogP contribution in [0.4, 0.5) is 5.69 Å². The minimum Gasteiger partial charge on any atom is -0.481 e. The normalized spacial score (nSPS) is 11.9. The molecule has 3 nitrogen and oxygen atoms in total. The van der Waals surface area contributed by atoms with Crippen LogP contribution in [-0.2, 0) is 4.79 Å². The van der Waals surface area contributed by atoms with Crippen molar-refractivity contribution < 1.29 is 9.53 Å². The minimum atomic E-state index is -0.682. The SMILES string of the molecule is Cc1cc(OC(C)C(=O)Nc2cc(Cl)cc(Cl)c2)ccc1Cl. The molecule has 0 saturated heterocycles. The average molecular weight is 359 g/mol. The Hall–Kier alpha value is -1.42. The molecule has 2 aromatic carbocycles.